The number of ether oxygens (including phenoxy) is 2. The molecule has 0 aliphatic carbocycles. The summed E-state index contributed by atoms with van der Waals surface area (Å²) in [6.07, 6.45) is 3.94. The summed E-state index contributed by atoms with van der Waals surface area (Å²) in [7, 11) is -2.04. The van der Waals surface area contributed by atoms with Crippen LogP contribution in [0, 0.1) is 0 Å². The average Bonchev–Trinajstić information content (AvgIpc) is 3.46. The van der Waals surface area contributed by atoms with Crippen LogP contribution in [0.3, 0.4) is 0 Å². The van der Waals surface area contributed by atoms with Crippen LogP contribution in [0.1, 0.15) is 11.1 Å². The summed E-state index contributed by atoms with van der Waals surface area (Å²) >= 11 is 14.1. The molecule has 0 saturated carbocycles. The fourth-order valence-corrected chi connectivity index (χ4v) is 7.35. The van der Waals surface area contributed by atoms with Crippen LogP contribution in [0.4, 0.5) is 0 Å². The van der Waals surface area contributed by atoms with Crippen molar-refractivity contribution >= 4 is 102 Å². The normalized spacial score (nSPS) is 12.2. The van der Waals surface area contributed by atoms with Gasteiger partial charge in [-0.3, -0.25) is 0 Å². The molecule has 0 fully saturated rings. The van der Waals surface area contributed by atoms with Crippen molar-refractivity contribution in [2.24, 2.45) is 0 Å². The number of hydrogen-bond acceptors (Lipinski definition) is 4. The molecular weight excluding hydrogens is 800 g/mol. The smallest absolute Gasteiger partial charge is 0.140 e. The number of hydrogen-bond donors (Lipinski definition) is 0. The molecule has 2 aromatic heterocycles. The van der Waals surface area contributed by atoms with Gasteiger partial charge in [-0.15, -0.1) is 0 Å². The van der Waals surface area contributed by atoms with Gasteiger partial charge in [0.05, 0.1) is 17.2 Å². The minimum Gasteiger partial charge on any atom is -0.360 e. The molecule has 4 aromatic rings. The molecule has 0 N–H and O–H groups in total. The molecule has 4 rings (SSSR count). The van der Waals surface area contributed by atoms with Gasteiger partial charge in [-0.1, -0.05) is 103 Å². The number of alkyl halides is 2. The molecule has 2 aromatic carbocycles. The summed E-state index contributed by atoms with van der Waals surface area (Å²) in [5, 5.41) is 12.9. The maximum Gasteiger partial charge on any atom is 0.140 e. The molecule has 0 bridgehead atoms. The lowest BCUT2D eigenvalue weighted by atomic mass is 10.2. The minimum atomic E-state index is -1.03. The third-order valence-corrected chi connectivity index (χ3v) is 11.7. The summed E-state index contributed by atoms with van der Waals surface area (Å²) in [5.74, 6) is 0. The van der Waals surface area contributed by atoms with E-state index >= 15 is 0 Å². The molecular formula is C28H40Br4N4O2Si2. The van der Waals surface area contributed by atoms with E-state index in [0.717, 1.165) is 54.6 Å². The van der Waals surface area contributed by atoms with Crippen LogP contribution in [-0.2, 0) is 33.6 Å². The molecule has 0 radical (unpaired) electrons. The van der Waals surface area contributed by atoms with E-state index < -0.39 is 16.1 Å². The van der Waals surface area contributed by atoms with Crippen molar-refractivity contribution in [1.29, 1.82) is 0 Å². The van der Waals surface area contributed by atoms with Gasteiger partial charge in [-0.25, -0.2) is 9.36 Å². The van der Waals surface area contributed by atoms with Gasteiger partial charge >= 0.3 is 0 Å². The predicted octanol–water partition coefficient (Wildman–Crippen LogP) is 10.0. The van der Waals surface area contributed by atoms with Crippen molar-refractivity contribution < 1.29 is 9.47 Å². The van der Waals surface area contributed by atoms with Gasteiger partial charge in [0.25, 0.3) is 0 Å². The van der Waals surface area contributed by atoms with E-state index in [9.17, 15) is 0 Å². The quantitative estimate of drug-likeness (QED) is 0.0811. The highest BCUT2D eigenvalue weighted by Gasteiger charge is 2.14. The van der Waals surface area contributed by atoms with Gasteiger partial charge in [-0.05, 0) is 47.5 Å². The second-order valence-corrected chi connectivity index (χ2v) is 26.5. The van der Waals surface area contributed by atoms with Crippen LogP contribution in [-0.4, -0.2) is 48.9 Å². The Bertz CT molecular complexity index is 1390. The van der Waals surface area contributed by atoms with Crippen molar-refractivity contribution in [2.45, 2.75) is 75.5 Å². The maximum absolute atomic E-state index is 5.80. The first-order valence-electron chi connectivity index (χ1n) is 13.4. The molecule has 40 heavy (non-hydrogen) atoms. The van der Waals surface area contributed by atoms with E-state index in [1.165, 1.54) is 23.2 Å². The zero-order valence-electron chi connectivity index (χ0n) is 24.2. The molecule has 0 aliphatic heterocycles. The number of rotatable bonds is 12. The summed E-state index contributed by atoms with van der Waals surface area (Å²) in [6, 6.07) is 10.8. The van der Waals surface area contributed by atoms with Crippen molar-refractivity contribution in [3.8, 4) is 0 Å². The van der Waals surface area contributed by atoms with Crippen molar-refractivity contribution in [3.05, 3.63) is 56.7 Å². The highest BCUT2D eigenvalue weighted by atomic mass is 79.9. The summed E-state index contributed by atoms with van der Waals surface area (Å²) < 4.78 is 17.5. The van der Waals surface area contributed by atoms with Crippen molar-refractivity contribution in [1.82, 2.24) is 19.6 Å². The fourth-order valence-electron chi connectivity index (χ4n) is 3.93. The summed E-state index contributed by atoms with van der Waals surface area (Å²) in [6.45, 7) is 16.8. The lowest BCUT2D eigenvalue weighted by molar-refractivity contribution is 0.0791. The Kier molecular flexibility index (Phi) is 13.1. The van der Waals surface area contributed by atoms with Gasteiger partial charge in [-0.2, -0.15) is 10.2 Å². The maximum atomic E-state index is 5.80. The topological polar surface area (TPSA) is 54.1 Å². The Morgan fingerprint density at radius 3 is 1.88 bits per heavy atom. The van der Waals surface area contributed by atoms with Gasteiger partial charge in [0, 0.05) is 65.9 Å². The van der Waals surface area contributed by atoms with Crippen LogP contribution in [0.15, 0.2) is 45.6 Å². The van der Waals surface area contributed by atoms with Crippen molar-refractivity contribution in [3.63, 3.8) is 0 Å². The average molecular weight is 840 g/mol. The zero-order chi connectivity index (χ0) is 29.5. The highest BCUT2D eigenvalue weighted by Crippen LogP contribution is 2.27. The standard InChI is InChI=1S/2C14H20Br2N2OSi/c1-20(2,3)5-4-19-10-18-9-12-7-13(16)6-11(8-15)14(12)17-18;1-20(2,3)5-4-19-10-18-14-11(8-15)6-13(16)7-12(14)9-17-18/h2*6-7,9H,4-5,8,10H2,1-3H3. The molecule has 6 nitrogen and oxygen atoms in total. The lowest BCUT2D eigenvalue weighted by Gasteiger charge is -2.15. The number of nitrogens with zero attached hydrogens (tertiary/aromatic N) is 4. The first-order valence-corrected chi connectivity index (χ1v) is 24.6. The van der Waals surface area contributed by atoms with Crippen LogP contribution in [0.2, 0.25) is 51.4 Å². The molecule has 0 atom stereocenters. The third kappa shape index (κ3) is 10.7. The Hall–Kier alpha value is -0.346. The number of benzene rings is 2. The first-order chi connectivity index (χ1) is 18.8. The Morgan fingerprint density at radius 2 is 1.30 bits per heavy atom. The molecule has 0 spiro atoms. The van der Waals surface area contributed by atoms with E-state index in [0.29, 0.717) is 13.5 Å². The van der Waals surface area contributed by atoms with Gasteiger partial charge in [0.1, 0.15) is 13.5 Å². The third-order valence-electron chi connectivity index (χ3n) is 6.19. The highest BCUT2D eigenvalue weighted by molar-refractivity contribution is 9.11. The number of fused-ring (bicyclic) bond motifs is 2. The number of aromatic nitrogens is 4. The molecule has 2 heterocycles. The largest absolute Gasteiger partial charge is 0.360 e. The molecule has 0 aliphatic rings. The van der Waals surface area contributed by atoms with E-state index in [4.69, 9.17) is 9.47 Å². The Labute approximate surface area is 274 Å². The van der Waals surface area contributed by atoms with E-state index in [1.807, 2.05) is 21.8 Å². The second-order valence-electron chi connectivity index (χ2n) is 12.3. The van der Waals surface area contributed by atoms with Gasteiger partial charge in [0.2, 0.25) is 0 Å². The summed E-state index contributed by atoms with van der Waals surface area (Å²) in [5.41, 5.74) is 4.60. The fraction of sp³-hybridized carbons (Fsp3) is 0.500. The van der Waals surface area contributed by atoms with E-state index in [1.54, 1.807) is 0 Å². The Balaban J connectivity index is 0.000000220. The molecule has 0 saturated heterocycles. The Morgan fingerprint density at radius 1 is 0.750 bits per heavy atom. The van der Waals surface area contributed by atoms with E-state index in [-0.39, 0.29) is 0 Å². The zero-order valence-corrected chi connectivity index (χ0v) is 32.6. The monoisotopic (exact) mass is 836 g/mol. The summed E-state index contributed by atoms with van der Waals surface area (Å²) in [4.78, 5) is 0. The van der Waals surface area contributed by atoms with E-state index in [2.05, 4.69) is 137 Å². The van der Waals surface area contributed by atoms with Crippen molar-refractivity contribution in [2.75, 3.05) is 13.2 Å². The minimum absolute atomic E-state index is 0.523. The van der Waals surface area contributed by atoms with Crippen LogP contribution < -0.4 is 0 Å². The molecule has 0 amide bonds. The molecule has 12 heteroatoms. The van der Waals surface area contributed by atoms with Gasteiger partial charge in [0.15, 0.2) is 0 Å². The SMILES string of the molecule is C[Si](C)(C)CCOCn1cc2cc(Br)cc(CBr)c2n1.C[Si](C)(C)CCOCn1ncc2cc(Br)cc(CBr)c21. The molecule has 220 valence electrons. The second kappa shape index (κ2) is 15.4. The predicted molar refractivity (Wildman–Crippen MR) is 188 cm³/mol. The molecule has 0 unspecified atom stereocenters. The van der Waals surface area contributed by atoms with Crippen LogP contribution in [0.5, 0.6) is 0 Å². The van der Waals surface area contributed by atoms with Crippen LogP contribution >= 0.6 is 63.7 Å². The number of halogens is 4. The first kappa shape index (κ1) is 34.1. The van der Waals surface area contributed by atoms with Gasteiger partial charge < -0.3 is 9.47 Å². The van der Waals surface area contributed by atoms with Crippen LogP contribution in [0.25, 0.3) is 21.8 Å². The lowest BCUT2D eigenvalue weighted by Crippen LogP contribution is -2.22.